The zero-order valence-corrected chi connectivity index (χ0v) is 17.9. The zero-order valence-electron chi connectivity index (χ0n) is 17.9. The van der Waals surface area contributed by atoms with Crippen LogP contribution in [0.2, 0.25) is 0 Å². The summed E-state index contributed by atoms with van der Waals surface area (Å²) in [6.45, 7) is 0.495. The molecule has 0 radical (unpaired) electrons. The third kappa shape index (κ3) is 3.19. The van der Waals surface area contributed by atoms with Crippen LogP contribution in [0.4, 0.5) is 4.39 Å². The minimum absolute atomic E-state index is 0.233. The van der Waals surface area contributed by atoms with Crippen molar-refractivity contribution in [3.8, 4) is 11.5 Å². The van der Waals surface area contributed by atoms with Crippen LogP contribution in [0, 0.1) is 5.82 Å². The number of ether oxygens (including phenoxy) is 2. The summed E-state index contributed by atoms with van der Waals surface area (Å²) in [6, 6.07) is 19.2. The van der Waals surface area contributed by atoms with Gasteiger partial charge in [0.2, 0.25) is 0 Å². The smallest absolute Gasteiger partial charge is 0.254 e. The predicted molar refractivity (Wildman–Crippen MR) is 121 cm³/mol. The minimum atomic E-state index is -0.438. The van der Waals surface area contributed by atoms with Crippen LogP contribution in [0.5, 0.6) is 11.5 Å². The number of fused-ring (bicyclic) bond motifs is 3. The van der Waals surface area contributed by atoms with Gasteiger partial charge in [-0.3, -0.25) is 4.79 Å². The summed E-state index contributed by atoms with van der Waals surface area (Å²) in [5, 5.41) is 1.15. The highest BCUT2D eigenvalue weighted by Crippen LogP contribution is 2.44. The number of methoxy groups -OCH3 is 2. The molecule has 0 saturated carbocycles. The first-order valence-corrected chi connectivity index (χ1v) is 10.5. The van der Waals surface area contributed by atoms with Crippen molar-refractivity contribution < 1.29 is 18.7 Å². The molecule has 2 heterocycles. The molecule has 0 aliphatic carbocycles. The molecule has 1 aromatic heterocycles. The van der Waals surface area contributed by atoms with E-state index in [0.29, 0.717) is 30.0 Å². The lowest BCUT2D eigenvalue weighted by Crippen LogP contribution is -2.40. The molecule has 162 valence electrons. The standard InChI is InChI=1S/C26H23FN2O3/c1-31-22-12-6-10-20(25(22)32-2)24-23-19(18-9-3-4-11-21(18)28-23)13-14-29(24)26(30)16-7-5-8-17(27)15-16/h3-12,15,24,28H,13-14H2,1-2H3/t24-/m1/s1. The van der Waals surface area contributed by atoms with Gasteiger partial charge in [0, 0.05) is 34.3 Å². The van der Waals surface area contributed by atoms with Crippen LogP contribution >= 0.6 is 0 Å². The van der Waals surface area contributed by atoms with E-state index in [4.69, 9.17) is 9.47 Å². The van der Waals surface area contributed by atoms with E-state index in [9.17, 15) is 9.18 Å². The molecule has 1 atom stereocenters. The summed E-state index contributed by atoms with van der Waals surface area (Å²) in [5.74, 6) is 0.494. The van der Waals surface area contributed by atoms with Crippen molar-refractivity contribution in [2.75, 3.05) is 20.8 Å². The molecule has 1 amide bonds. The maximum atomic E-state index is 13.9. The van der Waals surface area contributed by atoms with Crippen molar-refractivity contribution in [2.24, 2.45) is 0 Å². The van der Waals surface area contributed by atoms with E-state index in [0.717, 1.165) is 22.2 Å². The topological polar surface area (TPSA) is 54.6 Å². The fourth-order valence-electron chi connectivity index (χ4n) is 4.70. The fraction of sp³-hybridized carbons (Fsp3) is 0.192. The molecule has 32 heavy (non-hydrogen) atoms. The number of H-pyrrole nitrogens is 1. The quantitative estimate of drug-likeness (QED) is 0.489. The summed E-state index contributed by atoms with van der Waals surface area (Å²) >= 11 is 0. The van der Waals surface area contributed by atoms with Gasteiger partial charge < -0.3 is 19.4 Å². The van der Waals surface area contributed by atoms with Crippen molar-refractivity contribution in [1.29, 1.82) is 0 Å². The molecule has 0 spiro atoms. The Hall–Kier alpha value is -3.80. The Kier molecular flexibility index (Phi) is 5.05. The number of hydrogen-bond donors (Lipinski definition) is 1. The second kappa shape index (κ2) is 8.04. The lowest BCUT2D eigenvalue weighted by molar-refractivity contribution is 0.0689. The number of para-hydroxylation sites is 2. The van der Waals surface area contributed by atoms with E-state index in [1.165, 1.54) is 17.7 Å². The third-order valence-corrected chi connectivity index (χ3v) is 6.09. The first-order valence-electron chi connectivity index (χ1n) is 10.5. The van der Waals surface area contributed by atoms with Gasteiger partial charge in [-0.2, -0.15) is 0 Å². The first kappa shape index (κ1) is 20.1. The summed E-state index contributed by atoms with van der Waals surface area (Å²) in [4.78, 5) is 18.9. The van der Waals surface area contributed by atoms with Crippen molar-refractivity contribution in [3.05, 3.63) is 94.9 Å². The Morgan fingerprint density at radius 2 is 1.84 bits per heavy atom. The van der Waals surface area contributed by atoms with Gasteiger partial charge in [-0.1, -0.05) is 36.4 Å². The van der Waals surface area contributed by atoms with Crippen LogP contribution in [0.1, 0.15) is 33.2 Å². The van der Waals surface area contributed by atoms with E-state index in [2.05, 4.69) is 11.1 Å². The van der Waals surface area contributed by atoms with Crippen molar-refractivity contribution >= 4 is 16.8 Å². The minimum Gasteiger partial charge on any atom is -0.493 e. The Morgan fingerprint density at radius 3 is 2.62 bits per heavy atom. The molecule has 1 N–H and O–H groups in total. The Morgan fingerprint density at radius 1 is 1.03 bits per heavy atom. The second-order valence-corrected chi connectivity index (χ2v) is 7.81. The monoisotopic (exact) mass is 430 g/mol. The molecule has 3 aromatic carbocycles. The molecule has 0 fully saturated rings. The van der Waals surface area contributed by atoms with E-state index in [1.54, 1.807) is 31.3 Å². The average Bonchev–Trinajstić information content (AvgIpc) is 3.21. The molecular formula is C26H23FN2O3. The number of hydrogen-bond acceptors (Lipinski definition) is 3. The Bertz CT molecular complexity index is 1310. The van der Waals surface area contributed by atoms with Crippen LogP contribution in [0.15, 0.2) is 66.7 Å². The highest BCUT2D eigenvalue weighted by Gasteiger charge is 2.37. The van der Waals surface area contributed by atoms with E-state index < -0.39 is 11.9 Å². The third-order valence-electron chi connectivity index (χ3n) is 6.09. The number of rotatable bonds is 4. The van der Waals surface area contributed by atoms with Crippen LogP contribution in [0.3, 0.4) is 0 Å². The second-order valence-electron chi connectivity index (χ2n) is 7.81. The maximum Gasteiger partial charge on any atom is 0.254 e. The number of carbonyl (C=O) groups is 1. The summed E-state index contributed by atoms with van der Waals surface area (Å²) < 4.78 is 25.1. The number of amides is 1. The van der Waals surface area contributed by atoms with Gasteiger partial charge >= 0.3 is 0 Å². The SMILES string of the molecule is COc1cccc([C@@H]2c3[nH]c4ccccc4c3CCN2C(=O)c2cccc(F)c2)c1OC. The molecular weight excluding hydrogens is 407 g/mol. The van der Waals surface area contributed by atoms with Crippen LogP contribution in [-0.2, 0) is 6.42 Å². The van der Waals surface area contributed by atoms with E-state index in [1.807, 2.05) is 36.4 Å². The first-order chi connectivity index (χ1) is 15.6. The van der Waals surface area contributed by atoms with Gasteiger partial charge in [0.25, 0.3) is 5.91 Å². The van der Waals surface area contributed by atoms with Crippen molar-refractivity contribution in [1.82, 2.24) is 9.88 Å². The molecule has 1 aliphatic rings. The number of benzene rings is 3. The molecule has 5 rings (SSSR count). The molecule has 4 aromatic rings. The largest absolute Gasteiger partial charge is 0.493 e. The molecule has 0 bridgehead atoms. The Labute approximate surface area is 185 Å². The van der Waals surface area contributed by atoms with Gasteiger partial charge in [0.1, 0.15) is 11.9 Å². The summed E-state index contributed by atoms with van der Waals surface area (Å²) in [6.07, 6.45) is 0.698. The lowest BCUT2D eigenvalue weighted by atomic mass is 9.91. The van der Waals surface area contributed by atoms with Crippen LogP contribution < -0.4 is 9.47 Å². The average molecular weight is 430 g/mol. The lowest BCUT2D eigenvalue weighted by Gasteiger charge is -2.37. The summed E-state index contributed by atoms with van der Waals surface area (Å²) in [7, 11) is 3.18. The number of aromatic nitrogens is 1. The van der Waals surface area contributed by atoms with Crippen LogP contribution in [-0.4, -0.2) is 36.6 Å². The van der Waals surface area contributed by atoms with Crippen molar-refractivity contribution in [2.45, 2.75) is 12.5 Å². The number of nitrogens with zero attached hydrogens (tertiary/aromatic N) is 1. The fourth-order valence-corrected chi connectivity index (χ4v) is 4.70. The molecule has 1 aliphatic heterocycles. The number of nitrogens with one attached hydrogen (secondary N) is 1. The highest BCUT2D eigenvalue weighted by atomic mass is 19.1. The Balaban J connectivity index is 1.72. The van der Waals surface area contributed by atoms with Gasteiger partial charge in [0.15, 0.2) is 11.5 Å². The van der Waals surface area contributed by atoms with Gasteiger partial charge in [-0.05, 0) is 42.3 Å². The molecule has 0 saturated heterocycles. The molecule has 5 nitrogen and oxygen atoms in total. The predicted octanol–water partition coefficient (Wildman–Crippen LogP) is 5.11. The molecule has 6 heteroatoms. The number of carbonyl (C=O) groups excluding carboxylic acids is 1. The normalized spacial score (nSPS) is 15.5. The van der Waals surface area contributed by atoms with Gasteiger partial charge in [-0.25, -0.2) is 4.39 Å². The van der Waals surface area contributed by atoms with Crippen LogP contribution in [0.25, 0.3) is 10.9 Å². The maximum absolute atomic E-state index is 13.9. The summed E-state index contributed by atoms with van der Waals surface area (Å²) in [5.41, 5.74) is 4.26. The zero-order chi connectivity index (χ0) is 22.2. The molecule has 0 unspecified atom stereocenters. The van der Waals surface area contributed by atoms with Crippen molar-refractivity contribution in [3.63, 3.8) is 0 Å². The number of halogens is 1. The van der Waals surface area contributed by atoms with E-state index in [-0.39, 0.29) is 5.91 Å². The van der Waals surface area contributed by atoms with Gasteiger partial charge in [-0.15, -0.1) is 0 Å². The van der Waals surface area contributed by atoms with E-state index >= 15 is 0 Å². The number of aromatic amines is 1. The highest BCUT2D eigenvalue weighted by molar-refractivity contribution is 5.95. The van der Waals surface area contributed by atoms with Gasteiger partial charge in [0.05, 0.1) is 14.2 Å².